The van der Waals surface area contributed by atoms with Crippen LogP contribution in [0.3, 0.4) is 0 Å². The summed E-state index contributed by atoms with van der Waals surface area (Å²) in [7, 11) is 1.64. The summed E-state index contributed by atoms with van der Waals surface area (Å²) in [5.74, 6) is 1.39. The highest BCUT2D eigenvalue weighted by Gasteiger charge is 2.63. The molecular formula is C35H40O5. The third kappa shape index (κ3) is 5.32. The summed E-state index contributed by atoms with van der Waals surface area (Å²) in [5.41, 5.74) is 0.366. The first-order chi connectivity index (χ1) is 19.3. The highest BCUT2D eigenvalue weighted by atomic mass is 16.6. The van der Waals surface area contributed by atoms with Gasteiger partial charge in [0.05, 0.1) is 13.7 Å². The van der Waals surface area contributed by atoms with Gasteiger partial charge in [-0.3, -0.25) is 9.59 Å². The van der Waals surface area contributed by atoms with Crippen molar-refractivity contribution in [1.82, 2.24) is 0 Å². The molecule has 5 nitrogen and oxygen atoms in total. The van der Waals surface area contributed by atoms with Crippen molar-refractivity contribution in [2.24, 2.45) is 23.2 Å². The van der Waals surface area contributed by atoms with Crippen LogP contribution in [0, 0.1) is 23.2 Å². The number of hydrogen-bond acceptors (Lipinski definition) is 5. The van der Waals surface area contributed by atoms with Gasteiger partial charge >= 0.3 is 5.97 Å². The van der Waals surface area contributed by atoms with Gasteiger partial charge in [-0.05, 0) is 59.4 Å². The lowest BCUT2D eigenvalue weighted by atomic mass is 9.75. The molecule has 0 amide bonds. The van der Waals surface area contributed by atoms with Crippen molar-refractivity contribution in [3.63, 3.8) is 0 Å². The maximum atomic E-state index is 13.8. The fraction of sp³-hybridized carbons (Fsp3) is 0.429. The Bertz CT molecular complexity index is 1260. The molecule has 0 aromatic heterocycles. The number of ether oxygens (including phenoxy) is 3. The topological polar surface area (TPSA) is 61.8 Å². The molecule has 3 aromatic carbocycles. The minimum absolute atomic E-state index is 0.0604. The van der Waals surface area contributed by atoms with Gasteiger partial charge in [-0.1, -0.05) is 100.0 Å². The first-order valence-electron chi connectivity index (χ1n) is 14.4. The lowest BCUT2D eigenvalue weighted by molar-refractivity contribution is -0.167. The largest absolute Gasteiger partial charge is 0.497 e. The number of benzene rings is 3. The van der Waals surface area contributed by atoms with Gasteiger partial charge in [0.2, 0.25) is 0 Å². The molecule has 2 aliphatic carbocycles. The zero-order valence-corrected chi connectivity index (χ0v) is 24.0. The zero-order chi connectivity index (χ0) is 28.3. The van der Waals surface area contributed by atoms with Crippen LogP contribution in [0.25, 0.3) is 0 Å². The molecule has 0 N–H and O–H groups in total. The lowest BCUT2D eigenvalue weighted by Gasteiger charge is -2.38. The van der Waals surface area contributed by atoms with Gasteiger partial charge in [0.25, 0.3) is 0 Å². The molecule has 0 spiro atoms. The second-order valence-corrected chi connectivity index (χ2v) is 11.9. The summed E-state index contributed by atoms with van der Waals surface area (Å²) < 4.78 is 18.5. The number of rotatable bonds is 10. The van der Waals surface area contributed by atoms with Crippen molar-refractivity contribution in [2.45, 2.75) is 58.2 Å². The Morgan fingerprint density at radius 3 is 1.95 bits per heavy atom. The smallest absolute Gasteiger partial charge is 0.322 e. The fourth-order valence-corrected chi connectivity index (χ4v) is 6.26. The third-order valence-corrected chi connectivity index (χ3v) is 8.87. The summed E-state index contributed by atoms with van der Waals surface area (Å²) in [4.78, 5) is 26.7. The Labute approximate surface area is 237 Å². The fourth-order valence-electron chi connectivity index (χ4n) is 6.26. The number of Topliss-reactive ketones (excluding diaryl/α,β-unsaturated/α-hetero) is 1. The molecule has 2 fully saturated rings. The number of carbonyl (C=O) groups is 2. The summed E-state index contributed by atoms with van der Waals surface area (Å²) in [6.07, 6.45) is 2.99. The average molecular weight is 541 g/mol. The normalized spacial score (nSPS) is 24.5. The Kier molecular flexibility index (Phi) is 8.14. The van der Waals surface area contributed by atoms with Crippen LogP contribution in [-0.2, 0) is 24.7 Å². The zero-order valence-electron chi connectivity index (χ0n) is 24.0. The minimum Gasteiger partial charge on any atom is -0.497 e. The number of hydrogen-bond donors (Lipinski definition) is 0. The van der Waals surface area contributed by atoms with E-state index in [1.54, 1.807) is 7.11 Å². The Morgan fingerprint density at radius 1 is 0.900 bits per heavy atom. The third-order valence-electron chi connectivity index (χ3n) is 8.87. The van der Waals surface area contributed by atoms with Crippen molar-refractivity contribution >= 4 is 11.8 Å². The van der Waals surface area contributed by atoms with E-state index in [1.807, 2.05) is 84.9 Å². The van der Waals surface area contributed by atoms with E-state index in [2.05, 4.69) is 20.8 Å². The average Bonchev–Trinajstić information content (AvgIpc) is 3.65. The number of methoxy groups -OCH3 is 1. The number of ketones is 1. The van der Waals surface area contributed by atoms with Crippen LogP contribution in [0.4, 0.5) is 0 Å². The van der Waals surface area contributed by atoms with Crippen LogP contribution in [0.5, 0.6) is 5.75 Å². The molecule has 2 saturated carbocycles. The standard InChI is InChI=1S/C35H40O5/c1-24(2)30-20-15-25(3)21-31(30)40-33(37)34(22-32(34)36)23-39-35(26-11-7-5-8-12-26,27-13-9-6-10-14-27)28-16-18-29(38-4)19-17-28/h5-14,16-19,24-25,30-31H,15,20-23H2,1-4H3. The van der Waals surface area contributed by atoms with E-state index in [0.29, 0.717) is 17.8 Å². The van der Waals surface area contributed by atoms with Crippen molar-refractivity contribution in [3.8, 4) is 5.75 Å². The van der Waals surface area contributed by atoms with E-state index in [-0.39, 0.29) is 24.9 Å². The predicted molar refractivity (Wildman–Crippen MR) is 155 cm³/mol. The predicted octanol–water partition coefficient (Wildman–Crippen LogP) is 6.97. The van der Waals surface area contributed by atoms with E-state index < -0.39 is 17.0 Å². The van der Waals surface area contributed by atoms with Crippen LogP contribution in [0.1, 0.15) is 63.1 Å². The monoisotopic (exact) mass is 540 g/mol. The number of carbonyl (C=O) groups excluding carboxylic acids is 2. The minimum atomic E-state index is -1.27. The molecule has 3 aromatic rings. The molecule has 5 heteroatoms. The van der Waals surface area contributed by atoms with Gasteiger partial charge in [0.15, 0.2) is 11.2 Å². The van der Waals surface area contributed by atoms with Crippen molar-refractivity contribution in [2.75, 3.05) is 13.7 Å². The van der Waals surface area contributed by atoms with Crippen molar-refractivity contribution < 1.29 is 23.8 Å². The Balaban J connectivity index is 1.50. The van der Waals surface area contributed by atoms with E-state index in [1.165, 1.54) is 0 Å². The van der Waals surface area contributed by atoms with Crippen molar-refractivity contribution in [3.05, 3.63) is 102 Å². The molecule has 210 valence electrons. The highest BCUT2D eigenvalue weighted by molar-refractivity contribution is 6.17. The van der Waals surface area contributed by atoms with Crippen LogP contribution in [0.2, 0.25) is 0 Å². The summed E-state index contributed by atoms with van der Waals surface area (Å²) in [5, 5.41) is 0. The summed E-state index contributed by atoms with van der Waals surface area (Å²) in [6.45, 7) is 6.52. The van der Waals surface area contributed by atoms with Gasteiger partial charge < -0.3 is 14.2 Å². The second-order valence-electron chi connectivity index (χ2n) is 11.9. The molecule has 0 heterocycles. The van der Waals surface area contributed by atoms with Gasteiger partial charge in [-0.2, -0.15) is 0 Å². The molecule has 4 atom stereocenters. The molecular weight excluding hydrogens is 500 g/mol. The SMILES string of the molecule is COc1ccc(C(OCC2(C(=O)OC3CC(C)CCC3C(C)C)CC2=O)(c2ccccc2)c2ccccc2)cc1. The summed E-state index contributed by atoms with van der Waals surface area (Å²) in [6, 6.07) is 27.7. The number of esters is 1. The first-order valence-corrected chi connectivity index (χ1v) is 14.4. The van der Waals surface area contributed by atoms with Crippen molar-refractivity contribution in [1.29, 1.82) is 0 Å². The van der Waals surface area contributed by atoms with E-state index in [4.69, 9.17) is 14.2 Å². The van der Waals surface area contributed by atoms with Crippen LogP contribution < -0.4 is 4.74 Å². The molecule has 0 aliphatic heterocycles. The van der Waals surface area contributed by atoms with Crippen LogP contribution >= 0.6 is 0 Å². The Morgan fingerprint density at radius 2 is 1.45 bits per heavy atom. The maximum absolute atomic E-state index is 13.8. The molecule has 0 saturated heterocycles. The van der Waals surface area contributed by atoms with Crippen LogP contribution in [-0.4, -0.2) is 31.6 Å². The molecule has 0 bridgehead atoms. The first kappa shape index (κ1) is 28.1. The molecule has 2 aliphatic rings. The highest BCUT2D eigenvalue weighted by Crippen LogP contribution is 2.49. The summed E-state index contributed by atoms with van der Waals surface area (Å²) >= 11 is 0. The molecule has 4 unspecified atom stereocenters. The van der Waals surface area contributed by atoms with Gasteiger partial charge in [0, 0.05) is 6.42 Å². The van der Waals surface area contributed by atoms with Gasteiger partial charge in [0.1, 0.15) is 17.5 Å². The quantitative estimate of drug-likeness (QED) is 0.158. The lowest BCUT2D eigenvalue weighted by Crippen LogP contribution is -2.41. The Hall–Kier alpha value is -3.44. The van der Waals surface area contributed by atoms with Gasteiger partial charge in [-0.15, -0.1) is 0 Å². The van der Waals surface area contributed by atoms with Gasteiger partial charge in [-0.25, -0.2) is 0 Å². The molecule has 5 rings (SSSR count). The van der Waals surface area contributed by atoms with E-state index in [9.17, 15) is 9.59 Å². The molecule has 40 heavy (non-hydrogen) atoms. The van der Waals surface area contributed by atoms with E-state index in [0.717, 1.165) is 41.7 Å². The molecule has 0 radical (unpaired) electrons. The van der Waals surface area contributed by atoms with Crippen LogP contribution in [0.15, 0.2) is 84.9 Å². The maximum Gasteiger partial charge on any atom is 0.322 e. The van der Waals surface area contributed by atoms with E-state index >= 15 is 0 Å². The second kappa shape index (κ2) is 11.6.